The maximum Gasteiger partial charge on any atom is 0.225 e. The van der Waals surface area contributed by atoms with Crippen molar-refractivity contribution in [1.29, 1.82) is 0 Å². The first-order valence-electron chi connectivity index (χ1n) is 10.4. The van der Waals surface area contributed by atoms with Crippen LogP contribution in [0.1, 0.15) is 48.5 Å². The maximum absolute atomic E-state index is 5.48. The molecular weight excluding hydrogens is 352 g/mol. The number of piperidine rings is 1. The van der Waals surface area contributed by atoms with Gasteiger partial charge in [-0.15, -0.1) is 0 Å². The second-order valence-electron chi connectivity index (χ2n) is 7.74. The van der Waals surface area contributed by atoms with Gasteiger partial charge in [0.1, 0.15) is 11.6 Å². The molecule has 0 unspecified atom stereocenters. The molecule has 150 valence electrons. The molecular formula is C21H30N6O. The van der Waals surface area contributed by atoms with Crippen LogP contribution in [0.3, 0.4) is 0 Å². The van der Waals surface area contributed by atoms with Crippen molar-refractivity contribution in [1.82, 2.24) is 19.9 Å². The average Bonchev–Trinajstić information content (AvgIpc) is 2.74. The Morgan fingerprint density at radius 2 is 1.89 bits per heavy atom. The van der Waals surface area contributed by atoms with Crippen molar-refractivity contribution in [3.05, 3.63) is 35.0 Å². The van der Waals surface area contributed by atoms with E-state index in [1.165, 1.54) is 5.56 Å². The summed E-state index contributed by atoms with van der Waals surface area (Å²) < 4.78 is 5.48. The van der Waals surface area contributed by atoms with Crippen LogP contribution in [0.4, 0.5) is 11.8 Å². The first kappa shape index (κ1) is 19.1. The van der Waals surface area contributed by atoms with Gasteiger partial charge < -0.3 is 14.5 Å². The summed E-state index contributed by atoms with van der Waals surface area (Å²) in [6.45, 7) is 11.4. The van der Waals surface area contributed by atoms with Crippen LogP contribution >= 0.6 is 0 Å². The van der Waals surface area contributed by atoms with Gasteiger partial charge in [-0.1, -0.05) is 6.92 Å². The Bertz CT molecular complexity index is 821. The summed E-state index contributed by atoms with van der Waals surface area (Å²) in [5.74, 6) is 3.11. The van der Waals surface area contributed by atoms with E-state index in [9.17, 15) is 0 Å². The zero-order valence-electron chi connectivity index (χ0n) is 17.2. The second kappa shape index (κ2) is 8.39. The van der Waals surface area contributed by atoms with Gasteiger partial charge in [-0.2, -0.15) is 0 Å². The molecule has 4 heterocycles. The predicted molar refractivity (Wildman–Crippen MR) is 110 cm³/mol. The Balaban J connectivity index is 1.55. The van der Waals surface area contributed by atoms with Crippen LogP contribution in [-0.4, -0.2) is 59.3 Å². The van der Waals surface area contributed by atoms with Gasteiger partial charge in [0.15, 0.2) is 0 Å². The summed E-state index contributed by atoms with van der Waals surface area (Å²) in [5.41, 5.74) is 3.45. The van der Waals surface area contributed by atoms with Gasteiger partial charge in [0.05, 0.1) is 18.9 Å². The molecule has 28 heavy (non-hydrogen) atoms. The van der Waals surface area contributed by atoms with E-state index in [0.717, 1.165) is 87.6 Å². The molecule has 2 aromatic rings. The van der Waals surface area contributed by atoms with E-state index in [0.29, 0.717) is 5.92 Å². The molecule has 7 nitrogen and oxygen atoms in total. The highest BCUT2D eigenvalue weighted by Gasteiger charge is 2.26. The van der Waals surface area contributed by atoms with E-state index in [-0.39, 0.29) is 0 Å². The van der Waals surface area contributed by atoms with Crippen LogP contribution in [0.15, 0.2) is 12.3 Å². The van der Waals surface area contributed by atoms with Gasteiger partial charge >= 0.3 is 0 Å². The quantitative estimate of drug-likeness (QED) is 0.805. The number of rotatable bonds is 4. The van der Waals surface area contributed by atoms with Gasteiger partial charge in [0.25, 0.3) is 0 Å². The summed E-state index contributed by atoms with van der Waals surface area (Å²) in [4.78, 5) is 23.5. The molecule has 0 radical (unpaired) electrons. The standard InChI is InChI=1S/C21H30N6O/c1-4-18-15(2)13-22-21(25-18)27-7-5-6-17(14-27)19-12-20(24-16(3)23-19)26-8-10-28-11-9-26/h12-13,17H,4-11,14H2,1-3H3/t17-/m0/s1. The zero-order chi connectivity index (χ0) is 19.5. The summed E-state index contributed by atoms with van der Waals surface area (Å²) >= 11 is 0. The van der Waals surface area contributed by atoms with Gasteiger partial charge in [0, 0.05) is 50.1 Å². The number of aryl methyl sites for hydroxylation is 3. The lowest BCUT2D eigenvalue weighted by atomic mass is 9.94. The number of ether oxygens (including phenoxy) is 1. The minimum Gasteiger partial charge on any atom is -0.378 e. The normalized spacial score (nSPS) is 20.5. The van der Waals surface area contributed by atoms with Gasteiger partial charge in [-0.3, -0.25) is 0 Å². The number of anilines is 2. The van der Waals surface area contributed by atoms with E-state index in [1.807, 2.05) is 13.1 Å². The van der Waals surface area contributed by atoms with Gasteiger partial charge in [-0.25, -0.2) is 19.9 Å². The molecule has 2 aliphatic rings. The van der Waals surface area contributed by atoms with Crippen LogP contribution in [0.2, 0.25) is 0 Å². The number of hydrogen-bond acceptors (Lipinski definition) is 7. The lowest BCUT2D eigenvalue weighted by Crippen LogP contribution is -2.38. The highest BCUT2D eigenvalue weighted by atomic mass is 16.5. The minimum atomic E-state index is 0.380. The van der Waals surface area contributed by atoms with Gasteiger partial charge in [-0.05, 0) is 38.7 Å². The molecule has 2 fully saturated rings. The van der Waals surface area contributed by atoms with Crippen LogP contribution < -0.4 is 9.80 Å². The third-order valence-electron chi connectivity index (χ3n) is 5.70. The molecule has 2 aliphatic heterocycles. The van der Waals surface area contributed by atoms with E-state index in [2.05, 4.69) is 39.7 Å². The second-order valence-corrected chi connectivity index (χ2v) is 7.74. The number of hydrogen-bond donors (Lipinski definition) is 0. The topological polar surface area (TPSA) is 67.3 Å². The first-order valence-corrected chi connectivity index (χ1v) is 10.4. The fourth-order valence-corrected chi connectivity index (χ4v) is 4.12. The maximum atomic E-state index is 5.48. The van der Waals surface area contributed by atoms with E-state index < -0.39 is 0 Å². The Morgan fingerprint density at radius 1 is 1.07 bits per heavy atom. The number of nitrogens with zero attached hydrogens (tertiary/aromatic N) is 6. The van der Waals surface area contributed by atoms with E-state index in [4.69, 9.17) is 14.7 Å². The molecule has 0 aromatic carbocycles. The highest BCUT2D eigenvalue weighted by molar-refractivity contribution is 5.42. The van der Waals surface area contributed by atoms with Crippen molar-refractivity contribution >= 4 is 11.8 Å². The number of morpholine rings is 1. The molecule has 0 aliphatic carbocycles. The van der Waals surface area contributed by atoms with Crippen molar-refractivity contribution in [3.63, 3.8) is 0 Å². The predicted octanol–water partition coefficient (Wildman–Crippen LogP) is 2.67. The van der Waals surface area contributed by atoms with Crippen LogP contribution in [-0.2, 0) is 11.2 Å². The van der Waals surface area contributed by atoms with Crippen LogP contribution in [0.5, 0.6) is 0 Å². The lowest BCUT2D eigenvalue weighted by molar-refractivity contribution is 0.122. The molecule has 0 bridgehead atoms. The largest absolute Gasteiger partial charge is 0.378 e. The highest BCUT2D eigenvalue weighted by Crippen LogP contribution is 2.29. The molecule has 2 aromatic heterocycles. The fourth-order valence-electron chi connectivity index (χ4n) is 4.12. The molecule has 1 atom stereocenters. The van der Waals surface area contributed by atoms with Crippen molar-refractivity contribution < 1.29 is 4.74 Å². The smallest absolute Gasteiger partial charge is 0.225 e. The van der Waals surface area contributed by atoms with Crippen molar-refractivity contribution in [2.45, 2.75) is 46.0 Å². The number of aromatic nitrogens is 4. The molecule has 0 amide bonds. The Labute approximate surface area is 167 Å². The van der Waals surface area contributed by atoms with Crippen molar-refractivity contribution in [2.75, 3.05) is 49.2 Å². The first-order chi connectivity index (χ1) is 13.6. The summed E-state index contributed by atoms with van der Waals surface area (Å²) in [6, 6.07) is 2.18. The van der Waals surface area contributed by atoms with Crippen molar-refractivity contribution in [2.24, 2.45) is 0 Å². The van der Waals surface area contributed by atoms with Crippen LogP contribution in [0, 0.1) is 13.8 Å². The molecule has 4 rings (SSSR count). The van der Waals surface area contributed by atoms with Gasteiger partial charge in [0.2, 0.25) is 5.95 Å². The lowest BCUT2D eigenvalue weighted by Gasteiger charge is -2.33. The van der Waals surface area contributed by atoms with Crippen molar-refractivity contribution in [3.8, 4) is 0 Å². The third kappa shape index (κ3) is 4.09. The van der Waals surface area contributed by atoms with E-state index >= 15 is 0 Å². The SMILES string of the molecule is CCc1nc(N2CCC[C@H](c3cc(N4CCOCC4)nc(C)n3)C2)ncc1C. The molecule has 2 saturated heterocycles. The summed E-state index contributed by atoms with van der Waals surface area (Å²) in [7, 11) is 0. The summed E-state index contributed by atoms with van der Waals surface area (Å²) in [6.07, 6.45) is 5.16. The Hall–Kier alpha value is -2.28. The summed E-state index contributed by atoms with van der Waals surface area (Å²) in [5, 5.41) is 0. The van der Waals surface area contributed by atoms with E-state index in [1.54, 1.807) is 0 Å². The molecule has 0 spiro atoms. The van der Waals surface area contributed by atoms with Crippen LogP contribution in [0.25, 0.3) is 0 Å². The average molecular weight is 383 g/mol. The Kier molecular flexibility index (Phi) is 5.71. The molecule has 0 saturated carbocycles. The fraction of sp³-hybridized carbons (Fsp3) is 0.619. The zero-order valence-corrected chi connectivity index (χ0v) is 17.2. The Morgan fingerprint density at radius 3 is 2.68 bits per heavy atom. The minimum absolute atomic E-state index is 0.380. The molecule has 0 N–H and O–H groups in total. The monoisotopic (exact) mass is 382 g/mol. The third-order valence-corrected chi connectivity index (χ3v) is 5.70. The molecule has 7 heteroatoms.